The summed E-state index contributed by atoms with van der Waals surface area (Å²) in [7, 11) is 0. The molecule has 13 heteroatoms. The minimum Gasteiger partial charge on any atom is -0.388 e. The van der Waals surface area contributed by atoms with E-state index < -0.39 is 87.3 Å². The molecule has 0 amide bonds. The molecule has 1 aliphatic carbocycles. The van der Waals surface area contributed by atoms with Crippen LogP contribution in [0.5, 0.6) is 0 Å². The predicted octanol–water partition coefficient (Wildman–Crippen LogP) is 4.86. The Morgan fingerprint density at radius 2 is 1.35 bits per heavy atom. The summed E-state index contributed by atoms with van der Waals surface area (Å²) in [5.74, 6) is -14.9. The van der Waals surface area contributed by atoms with E-state index in [1.165, 1.54) is 0 Å². The Bertz CT molecular complexity index is 1040. The fourth-order valence-electron chi connectivity index (χ4n) is 3.38. The van der Waals surface area contributed by atoms with Gasteiger partial charge in [-0.3, -0.25) is 4.79 Å². The largest absolute Gasteiger partial charge is 0.422 e. The Morgan fingerprint density at radius 3 is 1.81 bits per heavy atom. The number of benzene rings is 2. The fraction of sp³-hybridized carbons (Fsp3) is 0.278. The van der Waals surface area contributed by atoms with Gasteiger partial charge in [0.25, 0.3) is 0 Å². The average molecular weight is 462 g/mol. The number of hydrogen-bond acceptors (Lipinski definition) is 3. The van der Waals surface area contributed by atoms with Crippen LogP contribution in [-0.4, -0.2) is 16.0 Å². The molecule has 0 aromatic heterocycles. The summed E-state index contributed by atoms with van der Waals surface area (Å²) in [6.45, 7) is 0. The smallest absolute Gasteiger partial charge is 0.388 e. The Hall–Kier alpha value is -2.67. The Kier molecular flexibility index (Phi) is 5.34. The normalized spacial score (nSPS) is 20.2. The Morgan fingerprint density at radius 1 is 0.839 bits per heavy atom. The monoisotopic (exact) mass is 462 g/mol. The third-order valence-corrected chi connectivity index (χ3v) is 4.82. The second kappa shape index (κ2) is 7.19. The zero-order chi connectivity index (χ0) is 23.6. The van der Waals surface area contributed by atoms with Gasteiger partial charge in [-0.25, -0.2) is 17.6 Å². The second-order valence-corrected chi connectivity index (χ2v) is 6.62. The summed E-state index contributed by atoms with van der Waals surface area (Å²) in [6.07, 6.45) is -16.0. The molecule has 3 rings (SSSR count). The van der Waals surface area contributed by atoms with E-state index in [1.54, 1.807) is 0 Å². The maximum atomic E-state index is 14.2. The van der Waals surface area contributed by atoms with Gasteiger partial charge in [0.1, 0.15) is 5.56 Å². The lowest BCUT2D eigenvalue weighted by Gasteiger charge is -2.23. The van der Waals surface area contributed by atoms with Crippen molar-refractivity contribution in [2.75, 3.05) is 0 Å². The number of halogens is 10. The Balaban J connectivity index is 2.12. The number of ketones is 1. The highest BCUT2D eigenvalue weighted by Gasteiger charge is 2.49. The predicted molar refractivity (Wildman–Crippen MR) is 80.5 cm³/mol. The van der Waals surface area contributed by atoms with Crippen molar-refractivity contribution in [3.63, 3.8) is 0 Å². The lowest BCUT2D eigenvalue weighted by molar-refractivity contribution is -0.143. The molecule has 0 spiro atoms. The van der Waals surface area contributed by atoms with Crippen molar-refractivity contribution < 1.29 is 58.9 Å². The number of alkyl halides is 6. The van der Waals surface area contributed by atoms with Crippen molar-refractivity contribution in [1.82, 2.24) is 0 Å². The minimum absolute atomic E-state index is 0.325. The number of Topliss-reactive ketones (excluding diaryl/α,β-unsaturated/α-hetero) is 1. The zero-order valence-corrected chi connectivity index (χ0v) is 14.5. The van der Waals surface area contributed by atoms with Gasteiger partial charge in [0.2, 0.25) is 0 Å². The van der Waals surface area contributed by atoms with Crippen LogP contribution in [0, 0.1) is 29.2 Å². The standard InChI is InChI=1S/C18H8F10O3/c19-10-7(11(20)13(22)9(12(10)21)18(26,27)28)16(31)8-14(29)5-2-1-4(17(23,24)25)3-6(5)15(8)30/h1-3,8,15-16,30-31H. The Labute approximate surface area is 165 Å². The van der Waals surface area contributed by atoms with Gasteiger partial charge >= 0.3 is 12.4 Å². The van der Waals surface area contributed by atoms with E-state index in [0.717, 1.165) is 0 Å². The van der Waals surface area contributed by atoms with Crippen LogP contribution >= 0.6 is 0 Å². The highest BCUT2D eigenvalue weighted by molar-refractivity contribution is 6.03. The van der Waals surface area contributed by atoms with Gasteiger partial charge in [0.15, 0.2) is 29.1 Å². The van der Waals surface area contributed by atoms with Crippen LogP contribution in [0.4, 0.5) is 43.9 Å². The summed E-state index contributed by atoms with van der Waals surface area (Å²) in [5, 5.41) is 20.3. The molecule has 0 radical (unpaired) electrons. The quantitative estimate of drug-likeness (QED) is 0.495. The first-order valence-corrected chi connectivity index (χ1v) is 8.13. The van der Waals surface area contributed by atoms with Crippen molar-refractivity contribution in [1.29, 1.82) is 0 Å². The van der Waals surface area contributed by atoms with Crippen LogP contribution in [0.25, 0.3) is 0 Å². The van der Waals surface area contributed by atoms with Gasteiger partial charge in [0, 0.05) is 5.56 Å². The fourth-order valence-corrected chi connectivity index (χ4v) is 3.38. The molecule has 0 fully saturated rings. The molecule has 2 aromatic carbocycles. The summed E-state index contributed by atoms with van der Waals surface area (Å²) in [6, 6.07) is 1.37. The van der Waals surface area contributed by atoms with E-state index in [1.807, 2.05) is 0 Å². The molecule has 2 aromatic rings. The average Bonchev–Trinajstić information content (AvgIpc) is 2.88. The van der Waals surface area contributed by atoms with Crippen LogP contribution in [0.2, 0.25) is 0 Å². The molecule has 3 unspecified atom stereocenters. The first kappa shape index (κ1) is 23.0. The number of fused-ring (bicyclic) bond motifs is 1. The van der Waals surface area contributed by atoms with E-state index in [-0.39, 0.29) is 0 Å². The third kappa shape index (κ3) is 3.55. The van der Waals surface area contributed by atoms with E-state index >= 15 is 0 Å². The third-order valence-electron chi connectivity index (χ3n) is 4.82. The SMILES string of the molecule is O=C1c2ccc(C(F)(F)F)cc2C(O)C1C(O)c1c(F)c(F)c(C(F)(F)F)c(F)c1F. The number of rotatable bonds is 2. The molecule has 1 aliphatic rings. The van der Waals surface area contributed by atoms with E-state index in [4.69, 9.17) is 0 Å². The van der Waals surface area contributed by atoms with Crippen molar-refractivity contribution in [2.45, 2.75) is 24.6 Å². The maximum Gasteiger partial charge on any atom is 0.422 e. The van der Waals surface area contributed by atoms with Crippen molar-refractivity contribution in [3.8, 4) is 0 Å². The molecule has 3 nitrogen and oxygen atoms in total. The van der Waals surface area contributed by atoms with Gasteiger partial charge in [-0.05, 0) is 17.7 Å². The van der Waals surface area contributed by atoms with Crippen LogP contribution in [0.1, 0.15) is 44.8 Å². The van der Waals surface area contributed by atoms with Gasteiger partial charge in [0.05, 0.1) is 29.3 Å². The van der Waals surface area contributed by atoms with Gasteiger partial charge in [-0.15, -0.1) is 0 Å². The first-order valence-electron chi connectivity index (χ1n) is 8.13. The molecule has 168 valence electrons. The molecule has 0 heterocycles. The van der Waals surface area contributed by atoms with Gasteiger partial charge < -0.3 is 10.2 Å². The lowest BCUT2D eigenvalue weighted by atomic mass is 9.89. The minimum atomic E-state index is -5.85. The van der Waals surface area contributed by atoms with Crippen molar-refractivity contribution in [2.24, 2.45) is 5.92 Å². The first-order chi connectivity index (χ1) is 14.1. The van der Waals surface area contributed by atoms with E-state index in [2.05, 4.69) is 0 Å². The topological polar surface area (TPSA) is 57.5 Å². The zero-order valence-electron chi connectivity index (χ0n) is 14.5. The molecule has 3 atom stereocenters. The van der Waals surface area contributed by atoms with Crippen molar-refractivity contribution >= 4 is 5.78 Å². The maximum absolute atomic E-state index is 14.2. The molecule has 0 saturated heterocycles. The molecule has 0 bridgehead atoms. The van der Waals surface area contributed by atoms with E-state index in [0.29, 0.717) is 18.2 Å². The summed E-state index contributed by atoms with van der Waals surface area (Å²) in [5.41, 5.74) is -7.55. The highest BCUT2D eigenvalue weighted by atomic mass is 19.4. The number of carbonyl (C=O) groups excluding carboxylic acids is 1. The molecule has 0 saturated carbocycles. The molecule has 0 aliphatic heterocycles. The number of aliphatic hydroxyl groups is 2. The van der Waals surface area contributed by atoms with Gasteiger partial charge in [-0.2, -0.15) is 26.3 Å². The van der Waals surface area contributed by atoms with Crippen molar-refractivity contribution in [3.05, 3.63) is 69.3 Å². The van der Waals surface area contributed by atoms with Crippen LogP contribution in [0.3, 0.4) is 0 Å². The summed E-state index contributed by atoms with van der Waals surface area (Å²) in [4.78, 5) is 12.4. The van der Waals surface area contributed by atoms with Crippen LogP contribution < -0.4 is 0 Å². The van der Waals surface area contributed by atoms with Crippen LogP contribution in [0.15, 0.2) is 18.2 Å². The lowest BCUT2D eigenvalue weighted by Crippen LogP contribution is -2.26. The van der Waals surface area contributed by atoms with Gasteiger partial charge in [-0.1, -0.05) is 6.07 Å². The number of hydrogen-bond donors (Lipinski definition) is 2. The summed E-state index contributed by atoms with van der Waals surface area (Å²) < 4.78 is 132. The summed E-state index contributed by atoms with van der Waals surface area (Å²) >= 11 is 0. The second-order valence-electron chi connectivity index (χ2n) is 6.62. The number of aliphatic hydroxyl groups excluding tert-OH is 2. The molecular weight excluding hydrogens is 454 g/mol. The van der Waals surface area contributed by atoms with E-state index in [9.17, 15) is 58.9 Å². The van der Waals surface area contributed by atoms with Crippen LogP contribution in [-0.2, 0) is 12.4 Å². The molecular formula is C18H8F10O3. The highest BCUT2D eigenvalue weighted by Crippen LogP contribution is 2.47. The molecule has 2 N–H and O–H groups in total. The molecule has 31 heavy (non-hydrogen) atoms. The number of carbonyl (C=O) groups is 1.